The van der Waals surface area contributed by atoms with Gasteiger partial charge in [0, 0.05) is 10.0 Å². The van der Waals surface area contributed by atoms with Gasteiger partial charge < -0.3 is 4.74 Å². The minimum atomic E-state index is -4.65. The lowest BCUT2D eigenvalue weighted by molar-refractivity contribution is -0.274. The Balaban J connectivity index is 0.000000217. The van der Waals surface area contributed by atoms with Gasteiger partial charge in [0.2, 0.25) is 0 Å². The quantitative estimate of drug-likeness (QED) is 0.636. The van der Waals surface area contributed by atoms with Gasteiger partial charge in [-0.15, -0.1) is 13.2 Å². The van der Waals surface area contributed by atoms with Crippen molar-refractivity contribution in [3.05, 3.63) is 64.1 Å². The van der Waals surface area contributed by atoms with Crippen molar-refractivity contribution in [2.75, 3.05) is 0 Å². The lowest BCUT2D eigenvalue weighted by atomic mass is 10.2. The molecule has 0 aromatic heterocycles. The summed E-state index contributed by atoms with van der Waals surface area (Å²) in [5, 5.41) is 1.21. The summed E-state index contributed by atoms with van der Waals surface area (Å²) in [5.74, 6) is -0.271. The molecule has 1 nitrogen and oxygen atoms in total. The highest BCUT2D eigenvalue weighted by Gasteiger charge is 2.30. The molecule has 0 bridgehead atoms. The van der Waals surface area contributed by atoms with Crippen LogP contribution < -0.4 is 4.74 Å². The first kappa shape index (κ1) is 16.7. The molecule has 0 radical (unpaired) electrons. The molecule has 0 atom stereocenters. The summed E-state index contributed by atoms with van der Waals surface area (Å²) in [4.78, 5) is 0. The molecule has 0 aliphatic carbocycles. The number of hydrogen-bond donors (Lipinski definition) is 0. The highest BCUT2D eigenvalue weighted by molar-refractivity contribution is 6.31. The summed E-state index contributed by atoms with van der Waals surface area (Å²) in [6.07, 6.45) is -4.65. The molecule has 20 heavy (non-hydrogen) atoms. The molecule has 0 amide bonds. The number of ether oxygens (including phenoxy) is 1. The van der Waals surface area contributed by atoms with Crippen LogP contribution in [0.1, 0.15) is 5.56 Å². The van der Waals surface area contributed by atoms with Crippen LogP contribution in [-0.2, 0) is 0 Å². The number of benzene rings is 2. The Hall–Kier alpha value is -1.39. The van der Waals surface area contributed by atoms with E-state index in [2.05, 4.69) is 4.74 Å². The van der Waals surface area contributed by atoms with E-state index in [4.69, 9.17) is 23.2 Å². The highest BCUT2D eigenvalue weighted by atomic mass is 35.5. The second kappa shape index (κ2) is 7.41. The molecule has 2 aromatic rings. The average Bonchev–Trinajstić information content (AvgIpc) is 2.35. The van der Waals surface area contributed by atoms with E-state index in [0.29, 0.717) is 5.02 Å². The number of alkyl halides is 3. The van der Waals surface area contributed by atoms with Gasteiger partial charge in [0.25, 0.3) is 0 Å². The number of halogens is 5. The van der Waals surface area contributed by atoms with Crippen LogP contribution in [-0.4, -0.2) is 6.36 Å². The van der Waals surface area contributed by atoms with E-state index in [-0.39, 0.29) is 5.75 Å². The van der Waals surface area contributed by atoms with Crippen molar-refractivity contribution in [2.45, 2.75) is 13.3 Å². The molecule has 0 N–H and O–H groups in total. The standard InChI is InChI=1S/C7H4ClF3O.C7H7Cl/c8-5-1-3-6(4-2-5)12-7(9,10)11;1-6-4-2-3-5-7(6)8/h1-4H;2-5H,1H3. The molecule has 0 fully saturated rings. The van der Waals surface area contributed by atoms with Gasteiger partial charge in [0.05, 0.1) is 0 Å². The van der Waals surface area contributed by atoms with Crippen LogP contribution in [0.2, 0.25) is 10.0 Å². The minimum absolute atomic E-state index is 0.271. The maximum atomic E-state index is 11.6. The first-order chi connectivity index (χ1) is 9.28. The Bertz CT molecular complexity index is 518. The summed E-state index contributed by atoms with van der Waals surface area (Å²) in [6, 6.07) is 12.7. The van der Waals surface area contributed by atoms with Crippen LogP contribution in [0.15, 0.2) is 48.5 Å². The normalized spacial score (nSPS) is 10.5. The van der Waals surface area contributed by atoms with Crippen LogP contribution in [0.25, 0.3) is 0 Å². The van der Waals surface area contributed by atoms with E-state index in [0.717, 1.165) is 22.7 Å². The number of aryl methyl sites for hydroxylation is 1. The van der Waals surface area contributed by atoms with Gasteiger partial charge in [-0.3, -0.25) is 0 Å². The predicted molar refractivity (Wildman–Crippen MR) is 74.3 cm³/mol. The summed E-state index contributed by atoms with van der Waals surface area (Å²) >= 11 is 11.2. The maximum Gasteiger partial charge on any atom is 0.573 e. The predicted octanol–water partition coefficient (Wildman–Crippen LogP) is 5.89. The Morgan fingerprint density at radius 3 is 1.85 bits per heavy atom. The van der Waals surface area contributed by atoms with Crippen molar-refractivity contribution in [1.29, 1.82) is 0 Å². The summed E-state index contributed by atoms with van der Waals surface area (Å²) in [7, 11) is 0. The van der Waals surface area contributed by atoms with Crippen LogP contribution >= 0.6 is 23.2 Å². The van der Waals surface area contributed by atoms with Gasteiger partial charge in [-0.05, 0) is 42.8 Å². The molecule has 2 aromatic carbocycles. The zero-order valence-electron chi connectivity index (χ0n) is 10.4. The highest BCUT2D eigenvalue weighted by Crippen LogP contribution is 2.23. The Morgan fingerprint density at radius 1 is 0.900 bits per heavy atom. The second-order valence-electron chi connectivity index (χ2n) is 3.75. The van der Waals surface area contributed by atoms with E-state index in [9.17, 15) is 13.2 Å². The van der Waals surface area contributed by atoms with Crippen molar-refractivity contribution in [1.82, 2.24) is 0 Å². The molecule has 0 heterocycles. The lowest BCUT2D eigenvalue weighted by Crippen LogP contribution is -2.16. The Morgan fingerprint density at radius 2 is 1.45 bits per heavy atom. The monoisotopic (exact) mass is 322 g/mol. The average molecular weight is 323 g/mol. The first-order valence-corrected chi connectivity index (χ1v) is 6.26. The third kappa shape index (κ3) is 6.68. The zero-order valence-corrected chi connectivity index (χ0v) is 11.9. The topological polar surface area (TPSA) is 9.23 Å². The van der Waals surface area contributed by atoms with Gasteiger partial charge in [-0.25, -0.2) is 0 Å². The van der Waals surface area contributed by atoms with Crippen LogP contribution in [0.4, 0.5) is 13.2 Å². The second-order valence-corrected chi connectivity index (χ2v) is 4.59. The van der Waals surface area contributed by atoms with Gasteiger partial charge >= 0.3 is 6.36 Å². The third-order valence-electron chi connectivity index (χ3n) is 2.12. The molecule has 108 valence electrons. The van der Waals surface area contributed by atoms with Gasteiger partial charge in [-0.2, -0.15) is 0 Å². The molecule has 2 rings (SSSR count). The maximum absolute atomic E-state index is 11.6. The number of rotatable bonds is 1. The summed E-state index contributed by atoms with van der Waals surface area (Å²) < 4.78 is 38.4. The van der Waals surface area contributed by atoms with E-state index in [1.165, 1.54) is 12.1 Å². The largest absolute Gasteiger partial charge is 0.573 e. The SMILES string of the molecule is Cc1ccccc1Cl.FC(F)(F)Oc1ccc(Cl)cc1. The molecule has 0 unspecified atom stereocenters. The molecule has 0 saturated heterocycles. The fourth-order valence-electron chi connectivity index (χ4n) is 1.19. The van der Waals surface area contributed by atoms with E-state index in [1.807, 2.05) is 31.2 Å². The minimum Gasteiger partial charge on any atom is -0.406 e. The van der Waals surface area contributed by atoms with Crippen molar-refractivity contribution in [3.63, 3.8) is 0 Å². The van der Waals surface area contributed by atoms with E-state index in [1.54, 1.807) is 0 Å². The van der Waals surface area contributed by atoms with Gasteiger partial charge in [-0.1, -0.05) is 41.4 Å². The molecule has 0 aliphatic heterocycles. The fraction of sp³-hybridized carbons (Fsp3) is 0.143. The fourth-order valence-corrected chi connectivity index (χ4v) is 1.45. The van der Waals surface area contributed by atoms with Crippen LogP contribution in [0, 0.1) is 6.92 Å². The first-order valence-electron chi connectivity index (χ1n) is 5.50. The molecule has 0 spiro atoms. The third-order valence-corrected chi connectivity index (χ3v) is 2.80. The van der Waals surface area contributed by atoms with E-state index >= 15 is 0 Å². The summed E-state index contributed by atoms with van der Waals surface area (Å²) in [6.45, 7) is 1.99. The lowest BCUT2D eigenvalue weighted by Gasteiger charge is -2.07. The summed E-state index contributed by atoms with van der Waals surface area (Å²) in [5.41, 5.74) is 1.13. The van der Waals surface area contributed by atoms with Crippen LogP contribution in [0.3, 0.4) is 0 Å². The van der Waals surface area contributed by atoms with Crippen molar-refractivity contribution in [3.8, 4) is 5.75 Å². The Kier molecular flexibility index (Phi) is 6.17. The molecule has 0 aliphatic rings. The van der Waals surface area contributed by atoms with Crippen molar-refractivity contribution >= 4 is 23.2 Å². The molecular formula is C14H11Cl2F3O. The smallest absolute Gasteiger partial charge is 0.406 e. The van der Waals surface area contributed by atoms with Crippen molar-refractivity contribution < 1.29 is 17.9 Å². The van der Waals surface area contributed by atoms with Gasteiger partial charge in [0.1, 0.15) is 5.75 Å². The van der Waals surface area contributed by atoms with Crippen molar-refractivity contribution in [2.24, 2.45) is 0 Å². The number of hydrogen-bond acceptors (Lipinski definition) is 1. The Labute approximate surface area is 124 Å². The van der Waals surface area contributed by atoms with E-state index < -0.39 is 6.36 Å². The zero-order chi connectivity index (χ0) is 15.2. The molecular weight excluding hydrogens is 312 g/mol. The van der Waals surface area contributed by atoms with Gasteiger partial charge in [0.15, 0.2) is 0 Å². The molecule has 6 heteroatoms. The van der Waals surface area contributed by atoms with Crippen LogP contribution in [0.5, 0.6) is 5.75 Å². The molecule has 0 saturated carbocycles.